The van der Waals surface area contributed by atoms with Crippen LogP contribution < -0.4 is 5.32 Å². The summed E-state index contributed by atoms with van der Waals surface area (Å²) in [5, 5.41) is 2.93. The molecule has 1 aliphatic heterocycles. The van der Waals surface area contributed by atoms with Gasteiger partial charge < -0.3 is 5.32 Å². The average Bonchev–Trinajstić information content (AvgIpc) is 2.64. The number of amides is 1. The second kappa shape index (κ2) is 4.53. The zero-order chi connectivity index (χ0) is 12.4. The van der Waals surface area contributed by atoms with Crippen LogP contribution in [0.15, 0.2) is 41.2 Å². The maximum Gasteiger partial charge on any atom is 0.251 e. The Balaban J connectivity index is 2.49. The van der Waals surface area contributed by atoms with Crippen LogP contribution in [0.1, 0.15) is 32.9 Å². The van der Waals surface area contributed by atoms with Crippen molar-refractivity contribution in [1.82, 2.24) is 10.3 Å². The van der Waals surface area contributed by atoms with Gasteiger partial charge in [0.25, 0.3) is 5.91 Å². The summed E-state index contributed by atoms with van der Waals surface area (Å²) in [5.74, 6) is 0.0234. The molecule has 0 aromatic carbocycles. The minimum Gasteiger partial charge on any atom is -0.322 e. The number of hydrogen-bond donors (Lipinski definition) is 1. The monoisotopic (exact) mass is 228 g/mol. The zero-order valence-electron chi connectivity index (χ0n) is 10.4. The summed E-state index contributed by atoms with van der Waals surface area (Å²) in [5.41, 5.74) is 4.74. The fourth-order valence-electron chi connectivity index (χ4n) is 2.12. The highest BCUT2D eigenvalue weighted by atomic mass is 16.1. The highest BCUT2D eigenvalue weighted by Crippen LogP contribution is 2.28. The van der Waals surface area contributed by atoms with Crippen LogP contribution in [-0.4, -0.2) is 10.9 Å². The van der Waals surface area contributed by atoms with Crippen LogP contribution in [-0.2, 0) is 4.79 Å². The first-order valence-electron chi connectivity index (χ1n) is 5.79. The molecule has 0 radical (unpaired) electrons. The molecule has 0 unspecified atom stereocenters. The summed E-state index contributed by atoms with van der Waals surface area (Å²) >= 11 is 0. The molecule has 1 aromatic heterocycles. The molecular formula is C14H16N2O. The van der Waals surface area contributed by atoms with Crippen molar-refractivity contribution in [2.75, 3.05) is 0 Å². The van der Waals surface area contributed by atoms with E-state index >= 15 is 0 Å². The normalized spacial score (nSPS) is 18.4. The van der Waals surface area contributed by atoms with Gasteiger partial charge in [0, 0.05) is 17.5 Å². The van der Waals surface area contributed by atoms with E-state index < -0.39 is 0 Å². The van der Waals surface area contributed by atoms with Gasteiger partial charge in [-0.15, -0.1) is 0 Å². The number of allylic oxidation sites excluding steroid dienone is 2. The molecule has 0 saturated carbocycles. The van der Waals surface area contributed by atoms with Crippen LogP contribution in [0.5, 0.6) is 0 Å². The predicted octanol–water partition coefficient (Wildman–Crippen LogP) is 2.67. The average molecular weight is 228 g/mol. The summed E-state index contributed by atoms with van der Waals surface area (Å²) in [7, 11) is 0. The maximum absolute atomic E-state index is 11.7. The van der Waals surface area contributed by atoms with Gasteiger partial charge in [-0.3, -0.25) is 9.78 Å². The Hall–Kier alpha value is -1.90. The molecule has 3 nitrogen and oxygen atoms in total. The molecule has 0 saturated heterocycles. The van der Waals surface area contributed by atoms with E-state index in [1.807, 2.05) is 39.0 Å². The largest absolute Gasteiger partial charge is 0.322 e. The Kier molecular flexibility index (Phi) is 3.09. The molecule has 0 atom stereocenters. The van der Waals surface area contributed by atoms with E-state index in [1.54, 1.807) is 6.20 Å². The van der Waals surface area contributed by atoms with E-state index in [-0.39, 0.29) is 5.91 Å². The van der Waals surface area contributed by atoms with Crippen molar-refractivity contribution in [3.63, 3.8) is 0 Å². The van der Waals surface area contributed by atoms with Gasteiger partial charge in [-0.05, 0) is 43.5 Å². The van der Waals surface area contributed by atoms with Crippen LogP contribution in [0.25, 0.3) is 5.57 Å². The summed E-state index contributed by atoms with van der Waals surface area (Å²) in [6.45, 7) is 5.97. The number of pyridine rings is 1. The van der Waals surface area contributed by atoms with Gasteiger partial charge in [0.1, 0.15) is 0 Å². The van der Waals surface area contributed by atoms with Crippen molar-refractivity contribution in [1.29, 1.82) is 0 Å². The third-order valence-corrected chi connectivity index (χ3v) is 3.12. The lowest BCUT2D eigenvalue weighted by Gasteiger charge is -2.07. The lowest BCUT2D eigenvalue weighted by atomic mass is 10.0. The van der Waals surface area contributed by atoms with Gasteiger partial charge in [-0.25, -0.2) is 0 Å². The Morgan fingerprint density at radius 3 is 2.71 bits per heavy atom. The van der Waals surface area contributed by atoms with Gasteiger partial charge >= 0.3 is 0 Å². The topological polar surface area (TPSA) is 42.0 Å². The van der Waals surface area contributed by atoms with Gasteiger partial charge in [0.05, 0.1) is 5.69 Å². The number of nitrogens with one attached hydrogen (secondary N) is 1. The van der Waals surface area contributed by atoms with Crippen molar-refractivity contribution in [3.05, 3.63) is 46.9 Å². The number of rotatable bonds is 2. The Morgan fingerprint density at radius 1 is 1.41 bits per heavy atom. The fourth-order valence-corrected chi connectivity index (χ4v) is 2.12. The number of nitrogens with zero attached hydrogens (tertiary/aromatic N) is 1. The van der Waals surface area contributed by atoms with Crippen molar-refractivity contribution < 1.29 is 4.79 Å². The number of carbonyl (C=O) groups excluding carboxylic acids is 1. The molecule has 2 heterocycles. The Morgan fingerprint density at radius 2 is 2.18 bits per heavy atom. The summed E-state index contributed by atoms with van der Waals surface area (Å²) in [4.78, 5) is 16.0. The molecule has 1 N–H and O–H groups in total. The molecule has 1 aliphatic rings. The van der Waals surface area contributed by atoms with Gasteiger partial charge in [0.2, 0.25) is 0 Å². The first-order chi connectivity index (χ1) is 8.15. The van der Waals surface area contributed by atoms with E-state index in [9.17, 15) is 4.79 Å². The summed E-state index contributed by atoms with van der Waals surface area (Å²) < 4.78 is 0. The molecule has 0 spiro atoms. The molecule has 0 bridgehead atoms. The van der Waals surface area contributed by atoms with Crippen molar-refractivity contribution in [2.24, 2.45) is 0 Å². The van der Waals surface area contributed by atoms with Gasteiger partial charge in [-0.2, -0.15) is 0 Å². The van der Waals surface area contributed by atoms with E-state index in [0.29, 0.717) is 0 Å². The van der Waals surface area contributed by atoms with Crippen LogP contribution >= 0.6 is 0 Å². The van der Waals surface area contributed by atoms with Crippen LogP contribution in [0.2, 0.25) is 0 Å². The maximum atomic E-state index is 11.7. The highest BCUT2D eigenvalue weighted by molar-refractivity contribution is 6.02. The standard InChI is InChI=1S/C14H16N2O/c1-4-11-9(2)13(16-14(11)17)10(3)12-7-5-6-8-15-12/h5-8H,4H2,1-3H3,(H,16,17)/b13-10+. The van der Waals surface area contributed by atoms with E-state index in [2.05, 4.69) is 10.3 Å². The molecule has 2 rings (SSSR count). The molecule has 1 amide bonds. The highest BCUT2D eigenvalue weighted by Gasteiger charge is 2.24. The number of carbonyl (C=O) groups is 1. The van der Waals surface area contributed by atoms with Gasteiger partial charge in [0.15, 0.2) is 0 Å². The van der Waals surface area contributed by atoms with Gasteiger partial charge in [-0.1, -0.05) is 13.0 Å². The first kappa shape index (κ1) is 11.6. The lowest BCUT2D eigenvalue weighted by molar-refractivity contribution is -0.116. The minimum absolute atomic E-state index is 0.0234. The molecule has 3 heteroatoms. The first-order valence-corrected chi connectivity index (χ1v) is 5.79. The van der Waals surface area contributed by atoms with Crippen LogP contribution in [0.3, 0.4) is 0 Å². The molecule has 1 aromatic rings. The van der Waals surface area contributed by atoms with Crippen LogP contribution in [0.4, 0.5) is 0 Å². The second-order valence-corrected chi connectivity index (χ2v) is 4.13. The Labute approximate surface area is 101 Å². The van der Waals surface area contributed by atoms with Crippen molar-refractivity contribution in [2.45, 2.75) is 27.2 Å². The van der Waals surface area contributed by atoms with E-state index in [1.165, 1.54) is 0 Å². The number of hydrogen-bond acceptors (Lipinski definition) is 2. The van der Waals surface area contributed by atoms with E-state index in [4.69, 9.17) is 0 Å². The minimum atomic E-state index is 0.0234. The van der Waals surface area contributed by atoms with Crippen molar-refractivity contribution in [3.8, 4) is 0 Å². The lowest BCUT2D eigenvalue weighted by Crippen LogP contribution is -2.17. The predicted molar refractivity (Wildman–Crippen MR) is 68.0 cm³/mol. The van der Waals surface area contributed by atoms with Crippen LogP contribution in [0, 0.1) is 0 Å². The third-order valence-electron chi connectivity index (χ3n) is 3.12. The fraction of sp³-hybridized carbons (Fsp3) is 0.286. The molecule has 0 fully saturated rings. The second-order valence-electron chi connectivity index (χ2n) is 4.13. The summed E-state index contributed by atoms with van der Waals surface area (Å²) in [6.07, 6.45) is 2.52. The Bertz CT molecular complexity index is 512. The van der Waals surface area contributed by atoms with Crippen molar-refractivity contribution >= 4 is 11.5 Å². The third kappa shape index (κ3) is 2.00. The number of aromatic nitrogens is 1. The summed E-state index contributed by atoms with van der Waals surface area (Å²) in [6, 6.07) is 5.78. The molecule has 0 aliphatic carbocycles. The zero-order valence-corrected chi connectivity index (χ0v) is 10.4. The smallest absolute Gasteiger partial charge is 0.251 e. The SMILES string of the molecule is CCC1=C(C)/C(=C(/C)c2ccccn2)NC1=O. The molecular weight excluding hydrogens is 212 g/mol. The van der Waals surface area contributed by atoms with E-state index in [0.717, 1.165) is 34.5 Å². The quantitative estimate of drug-likeness (QED) is 0.845. The molecule has 88 valence electrons. The molecule has 17 heavy (non-hydrogen) atoms.